The molecule has 0 aliphatic carbocycles. The molecule has 154 valence electrons. The van der Waals surface area contributed by atoms with Crippen LogP contribution in [0.2, 0.25) is 0 Å². The average molecular weight is 423 g/mol. The Hall–Kier alpha value is -3.23. The fraction of sp³-hybridized carbons (Fsp3) is 0.182. The lowest BCUT2D eigenvalue weighted by Gasteiger charge is -2.34. The van der Waals surface area contributed by atoms with E-state index in [9.17, 15) is 13.2 Å². The molecule has 1 amide bonds. The minimum atomic E-state index is -3.60. The van der Waals surface area contributed by atoms with E-state index in [0.29, 0.717) is 31.9 Å². The van der Waals surface area contributed by atoms with Gasteiger partial charge in [-0.25, -0.2) is 13.4 Å². The number of carbonyl (C=O) groups excluding carboxylic acids is 1. The highest BCUT2D eigenvalue weighted by Crippen LogP contribution is 2.23. The molecule has 30 heavy (non-hydrogen) atoms. The Bertz CT molecular complexity index is 1180. The number of rotatable bonds is 5. The fourth-order valence-corrected chi connectivity index (χ4v) is 4.88. The molecule has 0 radical (unpaired) electrons. The quantitative estimate of drug-likeness (QED) is 0.640. The van der Waals surface area contributed by atoms with Crippen molar-refractivity contribution in [2.75, 3.05) is 36.4 Å². The minimum Gasteiger partial charge on any atom is -0.354 e. The number of hydrogen-bond acceptors (Lipinski definition) is 5. The monoisotopic (exact) mass is 422 g/mol. The van der Waals surface area contributed by atoms with Crippen LogP contribution in [0.1, 0.15) is 0 Å². The van der Waals surface area contributed by atoms with Gasteiger partial charge in [-0.2, -0.15) is 4.31 Å². The predicted molar refractivity (Wildman–Crippen MR) is 118 cm³/mol. The summed E-state index contributed by atoms with van der Waals surface area (Å²) in [6.07, 6.45) is 3.01. The van der Waals surface area contributed by atoms with Crippen LogP contribution in [-0.4, -0.2) is 49.8 Å². The maximum atomic E-state index is 13.0. The van der Waals surface area contributed by atoms with E-state index in [1.54, 1.807) is 12.1 Å². The second-order valence-corrected chi connectivity index (χ2v) is 8.94. The molecule has 1 saturated heterocycles. The molecule has 4 rings (SSSR count). The number of aromatic nitrogens is 1. The Morgan fingerprint density at radius 1 is 1.00 bits per heavy atom. The molecule has 0 spiro atoms. The first-order chi connectivity index (χ1) is 14.5. The normalized spacial score (nSPS) is 15.1. The largest absolute Gasteiger partial charge is 0.354 e. The highest BCUT2D eigenvalue weighted by atomic mass is 32.2. The van der Waals surface area contributed by atoms with Crippen molar-refractivity contribution in [2.45, 2.75) is 4.90 Å². The summed E-state index contributed by atoms with van der Waals surface area (Å²) in [6.45, 7) is 5.29. The lowest BCUT2D eigenvalue weighted by molar-refractivity contribution is -0.111. The van der Waals surface area contributed by atoms with Gasteiger partial charge in [0.25, 0.3) is 0 Å². The van der Waals surface area contributed by atoms with E-state index in [4.69, 9.17) is 0 Å². The van der Waals surface area contributed by atoms with Crippen LogP contribution in [0, 0.1) is 0 Å². The third kappa shape index (κ3) is 4.05. The molecule has 7 nitrogen and oxygen atoms in total. The van der Waals surface area contributed by atoms with E-state index in [1.165, 1.54) is 16.4 Å². The minimum absolute atomic E-state index is 0.205. The average Bonchev–Trinajstić information content (AvgIpc) is 2.79. The number of amides is 1. The zero-order valence-electron chi connectivity index (χ0n) is 16.4. The molecule has 1 aromatic heterocycles. The van der Waals surface area contributed by atoms with Crippen molar-refractivity contribution >= 4 is 38.2 Å². The van der Waals surface area contributed by atoms with Crippen LogP contribution in [0.4, 0.5) is 11.5 Å². The summed E-state index contributed by atoms with van der Waals surface area (Å²) in [7, 11) is -3.60. The molecule has 0 atom stereocenters. The van der Waals surface area contributed by atoms with Gasteiger partial charge in [0.1, 0.15) is 5.82 Å². The van der Waals surface area contributed by atoms with Crippen molar-refractivity contribution in [1.82, 2.24) is 9.29 Å². The van der Waals surface area contributed by atoms with Gasteiger partial charge in [-0.1, -0.05) is 30.8 Å². The number of anilines is 2. The molecule has 1 fully saturated rings. The molecular weight excluding hydrogens is 400 g/mol. The first kappa shape index (κ1) is 20.1. The van der Waals surface area contributed by atoms with Gasteiger partial charge in [-0.15, -0.1) is 0 Å². The van der Waals surface area contributed by atoms with Gasteiger partial charge >= 0.3 is 0 Å². The molecular formula is C22H22N4O3S. The zero-order valence-corrected chi connectivity index (χ0v) is 17.2. The Labute approximate surface area is 175 Å². The van der Waals surface area contributed by atoms with Crippen LogP contribution in [-0.2, 0) is 14.8 Å². The first-order valence-corrected chi connectivity index (χ1v) is 11.0. The molecule has 1 N–H and O–H groups in total. The van der Waals surface area contributed by atoms with E-state index in [2.05, 4.69) is 21.8 Å². The SMILES string of the molecule is C=CC(=O)Nc1ccc(S(=O)(=O)N2CCN(c3cc4ccccc4cn3)CC2)cc1. The van der Waals surface area contributed by atoms with Crippen molar-refractivity contribution in [1.29, 1.82) is 0 Å². The highest BCUT2D eigenvalue weighted by Gasteiger charge is 2.29. The number of carbonyl (C=O) groups is 1. The summed E-state index contributed by atoms with van der Waals surface area (Å²) in [6, 6.07) is 16.2. The second kappa shape index (κ2) is 8.25. The van der Waals surface area contributed by atoms with Gasteiger partial charge in [0.2, 0.25) is 15.9 Å². The number of pyridine rings is 1. The van der Waals surface area contributed by atoms with Gasteiger partial charge in [-0.3, -0.25) is 4.79 Å². The number of hydrogen-bond donors (Lipinski definition) is 1. The Kier molecular flexibility index (Phi) is 5.52. The van der Waals surface area contributed by atoms with Crippen molar-refractivity contribution in [3.05, 3.63) is 73.4 Å². The third-order valence-corrected chi connectivity index (χ3v) is 7.04. The summed E-state index contributed by atoms with van der Waals surface area (Å²) in [5.74, 6) is 0.511. The first-order valence-electron chi connectivity index (χ1n) is 9.61. The molecule has 3 aromatic rings. The summed E-state index contributed by atoms with van der Waals surface area (Å²) >= 11 is 0. The second-order valence-electron chi connectivity index (χ2n) is 7.00. The van der Waals surface area contributed by atoms with Crippen LogP contribution in [0.5, 0.6) is 0 Å². The number of fused-ring (bicyclic) bond motifs is 1. The maximum Gasteiger partial charge on any atom is 0.247 e. The number of nitrogens with zero attached hydrogens (tertiary/aromatic N) is 3. The molecule has 1 aliphatic rings. The molecule has 0 unspecified atom stereocenters. The molecule has 2 aromatic carbocycles. The third-order valence-electron chi connectivity index (χ3n) is 5.12. The molecule has 0 bridgehead atoms. The molecule has 1 aliphatic heterocycles. The number of benzene rings is 2. The van der Waals surface area contributed by atoms with Crippen molar-refractivity contribution in [2.24, 2.45) is 0 Å². The molecule has 0 saturated carbocycles. The Morgan fingerprint density at radius 3 is 2.33 bits per heavy atom. The van der Waals surface area contributed by atoms with Crippen LogP contribution in [0.3, 0.4) is 0 Å². The smallest absolute Gasteiger partial charge is 0.247 e. The molecule has 8 heteroatoms. The number of piperazine rings is 1. The number of nitrogens with one attached hydrogen (secondary N) is 1. The van der Waals surface area contributed by atoms with E-state index in [-0.39, 0.29) is 10.8 Å². The lowest BCUT2D eigenvalue weighted by atomic mass is 10.2. The number of sulfonamides is 1. The van der Waals surface area contributed by atoms with Crippen LogP contribution >= 0.6 is 0 Å². The van der Waals surface area contributed by atoms with E-state index in [0.717, 1.165) is 22.7 Å². The van der Waals surface area contributed by atoms with Crippen LogP contribution in [0.25, 0.3) is 10.8 Å². The summed E-state index contributed by atoms with van der Waals surface area (Å²) in [4.78, 5) is 18.2. The highest BCUT2D eigenvalue weighted by molar-refractivity contribution is 7.89. The summed E-state index contributed by atoms with van der Waals surface area (Å²) < 4.78 is 27.5. The lowest BCUT2D eigenvalue weighted by Crippen LogP contribution is -2.48. The van der Waals surface area contributed by atoms with Gasteiger partial charge < -0.3 is 10.2 Å². The van der Waals surface area contributed by atoms with E-state index < -0.39 is 10.0 Å². The predicted octanol–water partition coefficient (Wildman–Crippen LogP) is 2.87. The van der Waals surface area contributed by atoms with Gasteiger partial charge in [0.15, 0.2) is 0 Å². The van der Waals surface area contributed by atoms with Crippen LogP contribution in [0.15, 0.2) is 78.3 Å². The maximum absolute atomic E-state index is 13.0. The molecule has 2 heterocycles. The van der Waals surface area contributed by atoms with E-state index >= 15 is 0 Å². The van der Waals surface area contributed by atoms with Gasteiger partial charge in [-0.05, 0) is 41.8 Å². The van der Waals surface area contributed by atoms with Crippen LogP contribution < -0.4 is 10.2 Å². The fourth-order valence-electron chi connectivity index (χ4n) is 3.46. The zero-order chi connectivity index (χ0) is 21.1. The Morgan fingerprint density at radius 2 is 1.67 bits per heavy atom. The van der Waals surface area contributed by atoms with Gasteiger partial charge in [0.05, 0.1) is 4.90 Å². The van der Waals surface area contributed by atoms with Crippen molar-refractivity contribution in [3.8, 4) is 0 Å². The standard InChI is InChI=1S/C22H22N4O3S/c1-2-22(27)24-19-7-9-20(10-8-19)30(28,29)26-13-11-25(12-14-26)21-15-17-5-3-4-6-18(17)16-23-21/h2-10,15-16H,1,11-14H2,(H,24,27). The topological polar surface area (TPSA) is 82.6 Å². The van der Waals surface area contributed by atoms with Crippen molar-refractivity contribution < 1.29 is 13.2 Å². The summed E-state index contributed by atoms with van der Waals surface area (Å²) in [5, 5.41) is 4.80. The Balaban J connectivity index is 1.44. The van der Waals surface area contributed by atoms with E-state index in [1.807, 2.05) is 36.5 Å². The van der Waals surface area contributed by atoms with Gasteiger partial charge in [0, 0.05) is 43.4 Å². The summed E-state index contributed by atoms with van der Waals surface area (Å²) in [5.41, 5.74) is 0.519. The van der Waals surface area contributed by atoms with Crippen molar-refractivity contribution in [3.63, 3.8) is 0 Å².